The van der Waals surface area contributed by atoms with Crippen molar-refractivity contribution >= 4 is 11.7 Å². The van der Waals surface area contributed by atoms with Gasteiger partial charge in [-0.25, -0.2) is 4.68 Å². The molecule has 0 aliphatic heterocycles. The van der Waals surface area contributed by atoms with E-state index in [-0.39, 0.29) is 17.8 Å². The Morgan fingerprint density at radius 1 is 1.38 bits per heavy atom. The molecule has 0 aliphatic rings. The molecular weight excluding hydrogens is 330 g/mol. The Labute approximate surface area is 151 Å². The average Bonchev–Trinajstić information content (AvgIpc) is 3.29. The van der Waals surface area contributed by atoms with Crippen molar-refractivity contribution in [1.29, 1.82) is 5.26 Å². The third-order valence-electron chi connectivity index (χ3n) is 4.08. The number of anilines is 1. The lowest BCUT2D eigenvalue weighted by Gasteiger charge is -2.13. The van der Waals surface area contributed by atoms with Crippen LogP contribution in [-0.2, 0) is 6.42 Å². The van der Waals surface area contributed by atoms with Crippen LogP contribution in [0.5, 0.6) is 0 Å². The number of carbonyl (C=O) groups excluding carboxylic acids is 1. The topological polar surface area (TPSA) is 110 Å². The van der Waals surface area contributed by atoms with E-state index in [2.05, 4.69) is 10.4 Å². The Bertz CT molecular complexity index is 920. The number of nitrogens with one attached hydrogen (secondary N) is 1. The van der Waals surface area contributed by atoms with Gasteiger partial charge < -0.3 is 15.5 Å². The van der Waals surface area contributed by atoms with Gasteiger partial charge in [-0.1, -0.05) is 0 Å². The van der Waals surface area contributed by atoms with Crippen molar-refractivity contribution in [2.45, 2.75) is 25.8 Å². The number of aromatic nitrogens is 2. The number of amides is 1. The number of benzene rings is 1. The van der Waals surface area contributed by atoms with Gasteiger partial charge in [-0.3, -0.25) is 4.79 Å². The van der Waals surface area contributed by atoms with Gasteiger partial charge in [-0.2, -0.15) is 10.4 Å². The summed E-state index contributed by atoms with van der Waals surface area (Å²) >= 11 is 0. The quantitative estimate of drug-likeness (QED) is 0.711. The van der Waals surface area contributed by atoms with Gasteiger partial charge in [0.1, 0.15) is 23.2 Å². The molecule has 3 rings (SSSR count). The van der Waals surface area contributed by atoms with Crippen LogP contribution in [0.15, 0.2) is 53.3 Å². The lowest BCUT2D eigenvalue weighted by molar-refractivity contribution is 0.0938. The summed E-state index contributed by atoms with van der Waals surface area (Å²) in [5.41, 5.74) is 7.42. The maximum atomic E-state index is 12.4. The zero-order valence-electron chi connectivity index (χ0n) is 14.3. The average molecular weight is 349 g/mol. The standard InChI is InChI=1S/C19H19N5O2/c1-13(4-9-17-3-2-10-26-17)23-19(25)14-5-7-16(8-6-14)24-18(21)15(11-20)12-22-24/h2-3,5-8,10,12-13H,4,9,21H2,1H3,(H,23,25)/t13-/m0/s1. The van der Waals surface area contributed by atoms with Gasteiger partial charge in [-0.15, -0.1) is 0 Å². The van der Waals surface area contributed by atoms with Gasteiger partial charge in [0.05, 0.1) is 18.1 Å². The third kappa shape index (κ3) is 3.75. The van der Waals surface area contributed by atoms with Crippen LogP contribution in [0, 0.1) is 11.3 Å². The second-order valence-electron chi connectivity index (χ2n) is 6.01. The van der Waals surface area contributed by atoms with Crippen molar-refractivity contribution in [3.8, 4) is 11.8 Å². The monoisotopic (exact) mass is 349 g/mol. The molecule has 0 fully saturated rings. The number of nitrogens with zero attached hydrogens (tertiary/aromatic N) is 3. The normalized spacial score (nSPS) is 11.7. The van der Waals surface area contributed by atoms with Gasteiger partial charge in [0.25, 0.3) is 5.91 Å². The highest BCUT2D eigenvalue weighted by Gasteiger charge is 2.12. The van der Waals surface area contributed by atoms with Crippen molar-refractivity contribution in [2.24, 2.45) is 0 Å². The molecule has 2 aromatic heterocycles. The number of carbonyl (C=O) groups is 1. The molecule has 26 heavy (non-hydrogen) atoms. The summed E-state index contributed by atoms with van der Waals surface area (Å²) in [6, 6.07) is 12.7. The number of furan rings is 1. The van der Waals surface area contributed by atoms with E-state index < -0.39 is 0 Å². The first-order valence-corrected chi connectivity index (χ1v) is 8.25. The smallest absolute Gasteiger partial charge is 0.251 e. The number of rotatable bonds is 6. The summed E-state index contributed by atoms with van der Waals surface area (Å²) in [6.07, 6.45) is 4.62. The molecule has 7 heteroatoms. The second-order valence-corrected chi connectivity index (χ2v) is 6.01. The van der Waals surface area contributed by atoms with Crippen LogP contribution in [0.25, 0.3) is 5.69 Å². The van der Waals surface area contributed by atoms with Crippen molar-refractivity contribution in [1.82, 2.24) is 15.1 Å². The van der Waals surface area contributed by atoms with E-state index in [0.717, 1.165) is 18.6 Å². The molecule has 1 aromatic carbocycles. The van der Waals surface area contributed by atoms with Crippen molar-refractivity contribution < 1.29 is 9.21 Å². The largest absolute Gasteiger partial charge is 0.469 e. The van der Waals surface area contributed by atoms with E-state index in [1.165, 1.54) is 10.9 Å². The highest BCUT2D eigenvalue weighted by molar-refractivity contribution is 5.94. The maximum Gasteiger partial charge on any atom is 0.251 e. The SMILES string of the molecule is C[C@@H](CCc1ccco1)NC(=O)c1ccc(-n2ncc(C#N)c2N)cc1. The van der Waals surface area contributed by atoms with Crippen molar-refractivity contribution in [2.75, 3.05) is 5.73 Å². The Balaban J connectivity index is 1.61. The first-order valence-electron chi connectivity index (χ1n) is 8.25. The number of hydrogen-bond donors (Lipinski definition) is 2. The minimum Gasteiger partial charge on any atom is -0.469 e. The first kappa shape index (κ1) is 17.3. The molecule has 2 heterocycles. The fraction of sp³-hybridized carbons (Fsp3) is 0.211. The van der Waals surface area contributed by atoms with Gasteiger partial charge in [0.15, 0.2) is 0 Å². The molecule has 3 aromatic rings. The van der Waals surface area contributed by atoms with E-state index in [0.29, 0.717) is 16.8 Å². The summed E-state index contributed by atoms with van der Waals surface area (Å²) in [7, 11) is 0. The highest BCUT2D eigenvalue weighted by atomic mass is 16.3. The highest BCUT2D eigenvalue weighted by Crippen LogP contribution is 2.17. The lowest BCUT2D eigenvalue weighted by Crippen LogP contribution is -2.32. The Morgan fingerprint density at radius 3 is 2.77 bits per heavy atom. The number of nitrogens with two attached hydrogens (primary N) is 1. The molecular formula is C19H19N5O2. The Kier molecular flexibility index (Phi) is 5.04. The molecule has 0 spiro atoms. The van der Waals surface area contributed by atoms with Crippen LogP contribution in [0.4, 0.5) is 5.82 Å². The number of nitriles is 1. The van der Waals surface area contributed by atoms with Gasteiger partial charge in [0.2, 0.25) is 0 Å². The molecule has 132 valence electrons. The molecule has 7 nitrogen and oxygen atoms in total. The van der Waals surface area contributed by atoms with Crippen molar-refractivity contribution in [3.05, 3.63) is 65.7 Å². The number of hydrogen-bond acceptors (Lipinski definition) is 5. The summed E-state index contributed by atoms with van der Waals surface area (Å²) in [5, 5.41) is 16.0. The minimum atomic E-state index is -0.144. The van der Waals surface area contributed by atoms with E-state index >= 15 is 0 Å². The molecule has 0 radical (unpaired) electrons. The van der Waals surface area contributed by atoms with E-state index in [4.69, 9.17) is 15.4 Å². The predicted octanol–water partition coefficient (Wildman–Crippen LogP) is 2.67. The van der Waals surface area contributed by atoms with Crippen LogP contribution in [0.3, 0.4) is 0 Å². The van der Waals surface area contributed by atoms with E-state index in [1.54, 1.807) is 30.5 Å². The van der Waals surface area contributed by atoms with Crippen LogP contribution >= 0.6 is 0 Å². The lowest BCUT2D eigenvalue weighted by atomic mass is 10.1. The molecule has 3 N–H and O–H groups in total. The molecule has 0 saturated carbocycles. The zero-order chi connectivity index (χ0) is 18.5. The molecule has 1 amide bonds. The number of aryl methyl sites for hydroxylation is 1. The van der Waals surface area contributed by atoms with Crippen LogP contribution in [0.1, 0.15) is 35.0 Å². The zero-order valence-corrected chi connectivity index (χ0v) is 14.3. The molecule has 1 atom stereocenters. The number of nitrogen functional groups attached to an aromatic ring is 1. The second kappa shape index (κ2) is 7.57. The first-order chi connectivity index (χ1) is 12.6. The minimum absolute atomic E-state index is 0.0206. The van der Waals surface area contributed by atoms with Gasteiger partial charge in [-0.05, 0) is 49.7 Å². The maximum absolute atomic E-state index is 12.4. The Hall–Kier alpha value is -3.53. The Morgan fingerprint density at radius 2 is 2.15 bits per heavy atom. The van der Waals surface area contributed by atoms with E-state index in [1.807, 2.05) is 25.1 Å². The van der Waals surface area contributed by atoms with Crippen molar-refractivity contribution in [3.63, 3.8) is 0 Å². The molecule has 0 aliphatic carbocycles. The van der Waals surface area contributed by atoms with Crippen LogP contribution in [-0.4, -0.2) is 21.7 Å². The van der Waals surface area contributed by atoms with Gasteiger partial charge in [0, 0.05) is 18.0 Å². The molecule has 0 unspecified atom stereocenters. The van der Waals surface area contributed by atoms with Gasteiger partial charge >= 0.3 is 0 Å². The van der Waals surface area contributed by atoms with Crippen LogP contribution in [0.2, 0.25) is 0 Å². The molecule has 0 bridgehead atoms. The summed E-state index contributed by atoms with van der Waals surface area (Å²) < 4.78 is 6.76. The summed E-state index contributed by atoms with van der Waals surface area (Å²) in [6.45, 7) is 1.96. The summed E-state index contributed by atoms with van der Waals surface area (Å²) in [5.74, 6) is 1.04. The summed E-state index contributed by atoms with van der Waals surface area (Å²) in [4.78, 5) is 12.4. The predicted molar refractivity (Wildman–Crippen MR) is 96.6 cm³/mol. The van der Waals surface area contributed by atoms with E-state index in [9.17, 15) is 4.79 Å². The molecule has 0 saturated heterocycles. The van der Waals surface area contributed by atoms with Crippen LogP contribution < -0.4 is 11.1 Å². The fourth-order valence-corrected chi connectivity index (χ4v) is 2.60. The third-order valence-corrected chi connectivity index (χ3v) is 4.08. The fourth-order valence-electron chi connectivity index (χ4n) is 2.60.